The molecule has 0 unspecified atom stereocenters. The van der Waals surface area contributed by atoms with Crippen molar-refractivity contribution in [2.45, 2.75) is 31.2 Å². The summed E-state index contributed by atoms with van der Waals surface area (Å²) in [6.07, 6.45) is 3.55. The van der Waals surface area contributed by atoms with Crippen LogP contribution < -0.4 is 5.73 Å². The minimum atomic E-state index is -0.733. The molecule has 1 aliphatic rings. The van der Waals surface area contributed by atoms with Gasteiger partial charge in [0.2, 0.25) is 0 Å². The summed E-state index contributed by atoms with van der Waals surface area (Å²) in [7, 11) is 0. The third kappa shape index (κ3) is 1.86. The number of rotatable bonds is 1. The molecule has 0 spiro atoms. The van der Waals surface area contributed by atoms with E-state index in [-0.39, 0.29) is 0 Å². The van der Waals surface area contributed by atoms with Gasteiger partial charge in [0.15, 0.2) is 0 Å². The van der Waals surface area contributed by atoms with Crippen molar-refractivity contribution < 1.29 is 8.78 Å². The van der Waals surface area contributed by atoms with Crippen molar-refractivity contribution in [2.24, 2.45) is 5.73 Å². The molecule has 15 heavy (non-hydrogen) atoms. The van der Waals surface area contributed by atoms with Gasteiger partial charge in [-0.2, -0.15) is 0 Å². The first-order valence-corrected chi connectivity index (χ1v) is 5.35. The summed E-state index contributed by atoms with van der Waals surface area (Å²) in [5.74, 6) is -1.47. The molecule has 1 aromatic rings. The van der Waals surface area contributed by atoms with Crippen LogP contribution in [-0.2, 0) is 5.54 Å². The maximum atomic E-state index is 13.2. The van der Waals surface area contributed by atoms with E-state index < -0.39 is 22.2 Å². The van der Waals surface area contributed by atoms with E-state index in [0.29, 0.717) is 5.56 Å². The zero-order valence-electron chi connectivity index (χ0n) is 8.19. The lowest BCUT2D eigenvalue weighted by molar-refractivity contribution is 0.452. The molecule has 1 saturated carbocycles. The van der Waals surface area contributed by atoms with E-state index >= 15 is 0 Å². The highest BCUT2D eigenvalue weighted by molar-refractivity contribution is 6.30. The molecule has 1 aromatic carbocycles. The molecule has 0 aliphatic heterocycles. The van der Waals surface area contributed by atoms with Crippen molar-refractivity contribution in [3.63, 3.8) is 0 Å². The van der Waals surface area contributed by atoms with E-state index in [1.54, 1.807) is 0 Å². The Hall–Kier alpha value is -0.670. The van der Waals surface area contributed by atoms with Crippen molar-refractivity contribution in [3.8, 4) is 0 Å². The second kappa shape index (κ2) is 3.72. The van der Waals surface area contributed by atoms with Crippen molar-refractivity contribution in [3.05, 3.63) is 34.4 Å². The van der Waals surface area contributed by atoms with Gasteiger partial charge in [0.05, 0.1) is 0 Å². The summed E-state index contributed by atoms with van der Waals surface area (Å²) in [5, 5.41) is -0.458. The van der Waals surface area contributed by atoms with Crippen molar-refractivity contribution in [1.82, 2.24) is 0 Å². The van der Waals surface area contributed by atoms with Crippen LogP contribution in [0, 0.1) is 11.6 Å². The molecule has 0 radical (unpaired) electrons. The van der Waals surface area contributed by atoms with Gasteiger partial charge in [-0.25, -0.2) is 8.78 Å². The fourth-order valence-electron chi connectivity index (χ4n) is 2.14. The fraction of sp³-hybridized carbons (Fsp3) is 0.455. The molecule has 0 heterocycles. The monoisotopic (exact) mass is 231 g/mol. The minimum absolute atomic E-state index is 0.458. The first-order chi connectivity index (χ1) is 7.03. The maximum absolute atomic E-state index is 13.2. The third-order valence-corrected chi connectivity index (χ3v) is 3.42. The standard InChI is InChI=1S/C11H12ClF2N/c12-10-8(13)5-7(6-9(10)14)11(15)3-1-2-4-11/h5-6H,1-4,15H2. The van der Waals surface area contributed by atoms with Crippen LogP contribution in [0.3, 0.4) is 0 Å². The lowest BCUT2D eigenvalue weighted by atomic mass is 9.89. The van der Waals surface area contributed by atoms with E-state index in [1.165, 1.54) is 12.1 Å². The summed E-state index contributed by atoms with van der Waals surface area (Å²) >= 11 is 5.41. The first kappa shape index (κ1) is 10.8. The molecule has 0 amide bonds. The SMILES string of the molecule is NC1(c2cc(F)c(Cl)c(F)c2)CCCC1. The van der Waals surface area contributed by atoms with Crippen LogP contribution in [0.15, 0.2) is 12.1 Å². The van der Waals surface area contributed by atoms with Crippen LogP contribution in [0.2, 0.25) is 5.02 Å². The summed E-state index contributed by atoms with van der Waals surface area (Å²) < 4.78 is 26.5. The largest absolute Gasteiger partial charge is 0.321 e. The molecule has 1 fully saturated rings. The van der Waals surface area contributed by atoms with Crippen LogP contribution in [0.1, 0.15) is 31.2 Å². The normalized spacial score (nSPS) is 19.5. The molecule has 0 bridgehead atoms. The highest BCUT2D eigenvalue weighted by Gasteiger charge is 2.32. The molecule has 1 nitrogen and oxygen atoms in total. The Morgan fingerprint density at radius 2 is 1.60 bits per heavy atom. The molecule has 4 heteroatoms. The average Bonchev–Trinajstić information content (AvgIpc) is 2.62. The molecule has 0 saturated heterocycles. The second-order valence-electron chi connectivity index (χ2n) is 4.12. The Kier molecular flexibility index (Phi) is 2.69. The number of hydrogen-bond acceptors (Lipinski definition) is 1. The third-order valence-electron chi connectivity index (χ3n) is 3.05. The van der Waals surface area contributed by atoms with Gasteiger partial charge in [0.1, 0.15) is 16.7 Å². The summed E-state index contributed by atoms with van der Waals surface area (Å²) in [4.78, 5) is 0. The Morgan fingerprint density at radius 1 is 1.13 bits per heavy atom. The number of halogens is 3. The molecule has 2 N–H and O–H groups in total. The summed E-state index contributed by atoms with van der Waals surface area (Å²) in [6, 6.07) is 2.49. The molecular weight excluding hydrogens is 220 g/mol. The average molecular weight is 232 g/mol. The summed E-state index contributed by atoms with van der Waals surface area (Å²) in [5.41, 5.74) is 6.03. The van der Waals surface area contributed by atoms with Gasteiger partial charge in [-0.15, -0.1) is 0 Å². The van der Waals surface area contributed by atoms with E-state index in [2.05, 4.69) is 0 Å². The van der Waals surface area contributed by atoms with Gasteiger partial charge in [-0.05, 0) is 30.5 Å². The Labute approximate surface area is 92.2 Å². The van der Waals surface area contributed by atoms with E-state index in [4.69, 9.17) is 17.3 Å². The lowest BCUT2D eigenvalue weighted by Crippen LogP contribution is -2.33. The Balaban J connectivity index is 2.45. The predicted octanol–water partition coefficient (Wildman–Crippen LogP) is 3.35. The van der Waals surface area contributed by atoms with Crippen LogP contribution >= 0.6 is 11.6 Å². The van der Waals surface area contributed by atoms with Crippen LogP contribution in [0.5, 0.6) is 0 Å². The van der Waals surface area contributed by atoms with Gasteiger partial charge in [-0.3, -0.25) is 0 Å². The quantitative estimate of drug-likeness (QED) is 0.737. The lowest BCUT2D eigenvalue weighted by Gasteiger charge is -2.24. The zero-order chi connectivity index (χ0) is 11.1. The molecule has 0 aromatic heterocycles. The van der Waals surface area contributed by atoms with Crippen molar-refractivity contribution in [1.29, 1.82) is 0 Å². The Bertz CT molecular complexity index is 363. The van der Waals surface area contributed by atoms with Gasteiger partial charge in [0.25, 0.3) is 0 Å². The van der Waals surface area contributed by atoms with Gasteiger partial charge < -0.3 is 5.73 Å². The van der Waals surface area contributed by atoms with Gasteiger partial charge in [-0.1, -0.05) is 24.4 Å². The van der Waals surface area contributed by atoms with Gasteiger partial charge >= 0.3 is 0 Å². The second-order valence-corrected chi connectivity index (χ2v) is 4.50. The van der Waals surface area contributed by atoms with Gasteiger partial charge in [0, 0.05) is 5.54 Å². The molecule has 0 atom stereocenters. The van der Waals surface area contributed by atoms with Crippen molar-refractivity contribution in [2.75, 3.05) is 0 Å². The van der Waals surface area contributed by atoms with E-state index in [1.807, 2.05) is 0 Å². The topological polar surface area (TPSA) is 26.0 Å². The van der Waals surface area contributed by atoms with E-state index in [0.717, 1.165) is 25.7 Å². The fourth-order valence-corrected chi connectivity index (χ4v) is 2.25. The highest BCUT2D eigenvalue weighted by Crippen LogP contribution is 2.37. The molecular formula is C11H12ClF2N. The highest BCUT2D eigenvalue weighted by atomic mass is 35.5. The minimum Gasteiger partial charge on any atom is -0.321 e. The smallest absolute Gasteiger partial charge is 0.145 e. The maximum Gasteiger partial charge on any atom is 0.145 e. The van der Waals surface area contributed by atoms with E-state index in [9.17, 15) is 8.78 Å². The number of hydrogen-bond donors (Lipinski definition) is 1. The summed E-state index contributed by atoms with van der Waals surface area (Å²) in [6.45, 7) is 0. The Morgan fingerprint density at radius 3 is 2.07 bits per heavy atom. The zero-order valence-corrected chi connectivity index (χ0v) is 8.95. The first-order valence-electron chi connectivity index (χ1n) is 4.97. The van der Waals surface area contributed by atoms with Crippen LogP contribution in [0.4, 0.5) is 8.78 Å². The van der Waals surface area contributed by atoms with Crippen molar-refractivity contribution >= 4 is 11.6 Å². The molecule has 82 valence electrons. The molecule has 2 rings (SSSR count). The van der Waals surface area contributed by atoms with Crippen LogP contribution in [-0.4, -0.2) is 0 Å². The molecule has 1 aliphatic carbocycles. The predicted molar refractivity (Wildman–Crippen MR) is 55.7 cm³/mol. The van der Waals surface area contributed by atoms with Crippen LogP contribution in [0.25, 0.3) is 0 Å². The number of nitrogens with two attached hydrogens (primary N) is 1. The number of benzene rings is 1.